The van der Waals surface area contributed by atoms with Gasteiger partial charge in [-0.05, 0) is 43.2 Å². The average Bonchev–Trinajstić information content (AvgIpc) is 3.06. The van der Waals surface area contributed by atoms with Crippen LogP contribution >= 0.6 is 0 Å². The Labute approximate surface area is 150 Å². The average molecular weight is 355 g/mol. The molecule has 1 fully saturated rings. The van der Waals surface area contributed by atoms with Crippen LogP contribution in [0.25, 0.3) is 0 Å². The number of hydrogen-bond donors (Lipinski definition) is 1. The number of hydrogen-bond acceptors (Lipinski definition) is 4. The van der Waals surface area contributed by atoms with Gasteiger partial charge in [-0.3, -0.25) is 0 Å². The van der Waals surface area contributed by atoms with Gasteiger partial charge in [0.05, 0.1) is 13.2 Å². The lowest BCUT2D eigenvalue weighted by molar-refractivity contribution is 0.0855. The van der Waals surface area contributed by atoms with Crippen LogP contribution in [0.1, 0.15) is 52.4 Å². The third kappa shape index (κ3) is 6.90. The van der Waals surface area contributed by atoms with Crippen LogP contribution in [0.3, 0.4) is 0 Å². The lowest BCUT2D eigenvalue weighted by Crippen LogP contribution is -2.31. The van der Waals surface area contributed by atoms with Gasteiger partial charge in [-0.25, -0.2) is 9.18 Å². The van der Waals surface area contributed by atoms with Crippen molar-refractivity contribution in [3.63, 3.8) is 0 Å². The fourth-order valence-electron chi connectivity index (χ4n) is 2.85. The highest BCUT2D eigenvalue weighted by molar-refractivity contribution is 5.67. The number of benzene rings is 1. The summed E-state index contributed by atoms with van der Waals surface area (Å²) in [6.45, 7) is 5.54. The zero-order valence-corrected chi connectivity index (χ0v) is 15.1. The summed E-state index contributed by atoms with van der Waals surface area (Å²) < 4.78 is 29.7. The molecule has 2 rings (SSSR count). The van der Waals surface area contributed by atoms with E-state index in [1.807, 2.05) is 13.8 Å². The molecular weight excluding hydrogens is 325 g/mol. The highest BCUT2D eigenvalue weighted by Gasteiger charge is 2.18. The van der Waals surface area contributed by atoms with Crippen molar-refractivity contribution in [1.29, 1.82) is 0 Å². The molecule has 0 atom stereocenters. The van der Waals surface area contributed by atoms with Crippen LogP contribution < -0.4 is 10.1 Å². The smallest absolute Gasteiger partial charge is 0.407 e. The van der Waals surface area contributed by atoms with E-state index in [0.717, 1.165) is 31.2 Å². The van der Waals surface area contributed by atoms with Gasteiger partial charge in [-0.1, -0.05) is 19.9 Å². The summed E-state index contributed by atoms with van der Waals surface area (Å²) in [6, 6.07) is 4.58. The monoisotopic (exact) mass is 355 g/mol. The van der Waals surface area contributed by atoms with Crippen molar-refractivity contribution in [2.75, 3.05) is 26.4 Å². The molecule has 1 aromatic carbocycles. The lowest BCUT2D eigenvalue weighted by Gasteiger charge is -2.14. The molecule has 0 aromatic heterocycles. The second kappa shape index (κ2) is 10.2. The molecular formula is C19H30FNO4. The number of amides is 1. The fourth-order valence-corrected chi connectivity index (χ4v) is 2.85. The Morgan fingerprint density at radius 2 is 2.04 bits per heavy atom. The fraction of sp³-hybridized carbons (Fsp3) is 0.632. The molecule has 0 heterocycles. The first-order valence-electron chi connectivity index (χ1n) is 9.00. The van der Waals surface area contributed by atoms with Gasteiger partial charge in [-0.15, -0.1) is 0 Å². The molecule has 1 aromatic rings. The van der Waals surface area contributed by atoms with Crippen LogP contribution in [-0.4, -0.2) is 38.6 Å². The second-order valence-corrected chi connectivity index (χ2v) is 6.54. The van der Waals surface area contributed by atoms with Gasteiger partial charge < -0.3 is 19.5 Å². The van der Waals surface area contributed by atoms with E-state index in [0.29, 0.717) is 32.1 Å². The second-order valence-electron chi connectivity index (χ2n) is 6.54. The van der Waals surface area contributed by atoms with Gasteiger partial charge in [-0.2, -0.15) is 0 Å². The number of carbonyl (C=O) groups excluding carboxylic acids is 1. The maximum absolute atomic E-state index is 13.3. The summed E-state index contributed by atoms with van der Waals surface area (Å²) in [5.41, 5.74) is 0.970. The number of ether oxygens (including phenoxy) is 3. The van der Waals surface area contributed by atoms with Crippen LogP contribution in [0.15, 0.2) is 18.2 Å². The van der Waals surface area contributed by atoms with Crippen LogP contribution in [0.5, 0.6) is 5.75 Å². The number of halogens is 1. The van der Waals surface area contributed by atoms with E-state index >= 15 is 0 Å². The molecule has 0 unspecified atom stereocenters. The molecule has 142 valence electrons. The first-order valence-corrected chi connectivity index (χ1v) is 9.00. The molecule has 0 spiro atoms. The van der Waals surface area contributed by atoms with Crippen molar-refractivity contribution < 1.29 is 24.8 Å². The summed E-state index contributed by atoms with van der Waals surface area (Å²) in [6.07, 6.45) is 3.86. The third-order valence-corrected chi connectivity index (χ3v) is 4.17. The molecule has 0 radical (unpaired) electrons. The first-order chi connectivity index (χ1) is 12.1. The number of nitrogens with one attached hydrogen (secondary N) is 1. The van der Waals surface area contributed by atoms with Crippen LogP contribution in [0.2, 0.25) is 0 Å². The van der Waals surface area contributed by atoms with Crippen molar-refractivity contribution in [2.24, 2.45) is 0 Å². The van der Waals surface area contributed by atoms with Crippen molar-refractivity contribution in [3.8, 4) is 5.75 Å². The van der Waals surface area contributed by atoms with Crippen molar-refractivity contribution >= 4 is 6.09 Å². The standard InChI is InChI=1S/C19H28FNO4.H2/c1-14(2)17-8-7-15(20)13-18(17)24-12-11-23-10-9-21-19(22)25-16-5-3-4-6-16;/h7-8,13-14,16H,3-6,9-12H2,1-2H3,(H,21,22);1H. The largest absolute Gasteiger partial charge is 0.491 e. The number of alkyl carbamates (subject to hydrolysis) is 1. The third-order valence-electron chi connectivity index (χ3n) is 4.17. The minimum Gasteiger partial charge on any atom is -0.491 e. The predicted molar refractivity (Wildman–Crippen MR) is 95.7 cm³/mol. The molecule has 5 nitrogen and oxygen atoms in total. The maximum atomic E-state index is 13.3. The van der Waals surface area contributed by atoms with Gasteiger partial charge in [0.25, 0.3) is 0 Å². The zero-order valence-electron chi connectivity index (χ0n) is 15.1. The molecule has 0 saturated heterocycles. The number of rotatable bonds is 9. The minimum absolute atomic E-state index is 0. The first kappa shape index (κ1) is 19.5. The van der Waals surface area contributed by atoms with E-state index in [1.54, 1.807) is 6.07 Å². The SMILES string of the molecule is CC(C)c1ccc(F)cc1OCCOCCNC(=O)OC1CCCC1.[HH]. The van der Waals surface area contributed by atoms with Gasteiger partial charge in [0, 0.05) is 14.0 Å². The van der Waals surface area contributed by atoms with E-state index in [1.165, 1.54) is 12.1 Å². The Balaban J connectivity index is 0.00000338. The molecule has 1 saturated carbocycles. The number of carbonyl (C=O) groups is 1. The summed E-state index contributed by atoms with van der Waals surface area (Å²) in [5.74, 6) is 0.494. The van der Waals surface area contributed by atoms with Gasteiger partial charge in [0.1, 0.15) is 24.3 Å². The topological polar surface area (TPSA) is 56.8 Å². The van der Waals surface area contributed by atoms with E-state index in [2.05, 4.69) is 5.32 Å². The van der Waals surface area contributed by atoms with E-state index in [9.17, 15) is 9.18 Å². The van der Waals surface area contributed by atoms with Gasteiger partial charge in [0.15, 0.2) is 0 Å². The zero-order chi connectivity index (χ0) is 18.1. The molecule has 1 aliphatic rings. The van der Waals surface area contributed by atoms with E-state index < -0.39 is 0 Å². The van der Waals surface area contributed by atoms with Gasteiger partial charge in [0.2, 0.25) is 0 Å². The predicted octanol–water partition coefficient (Wildman–Crippen LogP) is 4.26. The Morgan fingerprint density at radius 1 is 1.28 bits per heavy atom. The Bertz CT molecular complexity index is 550. The summed E-state index contributed by atoms with van der Waals surface area (Å²) in [5, 5.41) is 2.67. The normalized spacial score (nSPS) is 14.7. The van der Waals surface area contributed by atoms with E-state index in [4.69, 9.17) is 14.2 Å². The Morgan fingerprint density at radius 3 is 2.76 bits per heavy atom. The molecule has 1 N–H and O–H groups in total. The summed E-state index contributed by atoms with van der Waals surface area (Å²) in [4.78, 5) is 11.6. The van der Waals surface area contributed by atoms with Crippen molar-refractivity contribution in [2.45, 2.75) is 51.6 Å². The van der Waals surface area contributed by atoms with E-state index in [-0.39, 0.29) is 25.4 Å². The van der Waals surface area contributed by atoms with Gasteiger partial charge >= 0.3 is 6.09 Å². The lowest BCUT2D eigenvalue weighted by atomic mass is 10.0. The molecule has 0 bridgehead atoms. The van der Waals surface area contributed by atoms with Crippen LogP contribution in [-0.2, 0) is 9.47 Å². The molecule has 6 heteroatoms. The van der Waals surface area contributed by atoms with Crippen LogP contribution in [0.4, 0.5) is 9.18 Å². The van der Waals surface area contributed by atoms with Crippen LogP contribution in [0, 0.1) is 5.82 Å². The summed E-state index contributed by atoms with van der Waals surface area (Å²) in [7, 11) is 0. The highest BCUT2D eigenvalue weighted by Crippen LogP contribution is 2.27. The highest BCUT2D eigenvalue weighted by atomic mass is 19.1. The summed E-state index contributed by atoms with van der Waals surface area (Å²) >= 11 is 0. The molecule has 1 amide bonds. The Hall–Kier alpha value is -1.82. The molecule has 1 aliphatic carbocycles. The van der Waals surface area contributed by atoms with Crippen molar-refractivity contribution in [3.05, 3.63) is 29.6 Å². The quantitative estimate of drug-likeness (QED) is 0.673. The Kier molecular flexibility index (Phi) is 7.98. The molecule has 0 aliphatic heterocycles. The van der Waals surface area contributed by atoms with Crippen molar-refractivity contribution in [1.82, 2.24) is 5.32 Å². The molecule has 25 heavy (non-hydrogen) atoms. The minimum atomic E-state index is -0.381. The maximum Gasteiger partial charge on any atom is 0.407 e.